The number of hydrogen-bond acceptors (Lipinski definition) is 8. The van der Waals surface area contributed by atoms with Crippen molar-refractivity contribution in [3.05, 3.63) is 41.1 Å². The standard InChI is InChI=1S/C25H31N7O4S/c1-13(14-4-5-14)31-12-16-10-15(11-19(20(16)25(31)34)37(35,36)30(2)3)18-8-9-32-23(28-18)21(22(26)29-32)24(33)27-17-6-7-17/h8-11,13-14,17,24,27,33H,4-7,12H2,1-3H3,(H2,26,29)/t13-,24?/m0/s1. The molecule has 2 atom stereocenters. The van der Waals surface area contributed by atoms with E-state index in [1.165, 1.54) is 24.7 Å². The first kappa shape index (κ1) is 24.3. The number of amides is 1. The second-order valence-electron chi connectivity index (χ2n) is 10.5. The second-order valence-corrected chi connectivity index (χ2v) is 12.7. The molecule has 0 spiro atoms. The number of benzene rings is 1. The number of nitrogen functional groups attached to an aromatic ring is 1. The molecule has 2 fully saturated rings. The summed E-state index contributed by atoms with van der Waals surface area (Å²) in [5.74, 6) is 0.382. The third kappa shape index (κ3) is 4.08. The van der Waals surface area contributed by atoms with Crippen LogP contribution < -0.4 is 11.1 Å². The predicted octanol–water partition coefficient (Wildman–Crippen LogP) is 1.73. The first-order valence-corrected chi connectivity index (χ1v) is 14.0. The van der Waals surface area contributed by atoms with Crippen molar-refractivity contribution in [3.63, 3.8) is 0 Å². The van der Waals surface area contributed by atoms with Crippen molar-refractivity contribution in [3.8, 4) is 11.3 Å². The number of nitrogens with zero attached hydrogens (tertiary/aromatic N) is 5. The van der Waals surface area contributed by atoms with Crippen molar-refractivity contribution in [2.45, 2.75) is 62.4 Å². The highest BCUT2D eigenvalue weighted by Gasteiger charge is 2.42. The Morgan fingerprint density at radius 1 is 1.22 bits per heavy atom. The molecule has 1 aromatic carbocycles. The minimum Gasteiger partial charge on any atom is -0.382 e. The van der Waals surface area contributed by atoms with Crippen molar-refractivity contribution < 1.29 is 18.3 Å². The van der Waals surface area contributed by atoms with E-state index in [0.29, 0.717) is 40.5 Å². The fourth-order valence-corrected chi connectivity index (χ4v) is 6.24. The Morgan fingerprint density at radius 3 is 2.59 bits per heavy atom. The van der Waals surface area contributed by atoms with Crippen LogP contribution in [0.2, 0.25) is 0 Å². The minimum absolute atomic E-state index is 0.0224. The van der Waals surface area contributed by atoms with Gasteiger partial charge in [-0.2, -0.15) is 0 Å². The van der Waals surface area contributed by atoms with Gasteiger partial charge < -0.3 is 15.7 Å². The van der Waals surface area contributed by atoms with Crippen LogP contribution in [-0.4, -0.2) is 69.4 Å². The maximum absolute atomic E-state index is 13.5. The van der Waals surface area contributed by atoms with Crippen molar-refractivity contribution >= 4 is 27.4 Å². The lowest BCUT2D eigenvalue weighted by Gasteiger charge is -2.24. The molecule has 37 heavy (non-hydrogen) atoms. The molecule has 6 rings (SSSR count). The lowest BCUT2D eigenvalue weighted by atomic mass is 10.0. The van der Waals surface area contributed by atoms with E-state index in [9.17, 15) is 18.3 Å². The molecule has 3 aliphatic rings. The molecule has 1 aliphatic heterocycles. The van der Waals surface area contributed by atoms with E-state index in [-0.39, 0.29) is 34.3 Å². The highest BCUT2D eigenvalue weighted by Crippen LogP contribution is 2.41. The SMILES string of the molecule is C[C@@H](C1CC1)N1Cc2cc(-c3ccn4nc(N)c(C(O)NC5CC5)c4n3)cc(S(=O)(=O)N(C)C)c2C1=O. The summed E-state index contributed by atoms with van der Waals surface area (Å²) in [7, 11) is -1.00. The summed E-state index contributed by atoms with van der Waals surface area (Å²) in [6.07, 6.45) is 4.80. The zero-order chi connectivity index (χ0) is 26.2. The number of aromatic nitrogens is 3. The first-order chi connectivity index (χ1) is 17.6. The van der Waals surface area contributed by atoms with Crippen molar-refractivity contribution in [2.75, 3.05) is 19.8 Å². The lowest BCUT2D eigenvalue weighted by molar-refractivity contribution is 0.0694. The van der Waals surface area contributed by atoms with Crippen LogP contribution in [0.5, 0.6) is 0 Å². The fourth-order valence-electron chi connectivity index (χ4n) is 5.09. The summed E-state index contributed by atoms with van der Waals surface area (Å²) in [6, 6.07) is 5.37. The number of fused-ring (bicyclic) bond motifs is 2. The molecule has 0 radical (unpaired) electrons. The van der Waals surface area contributed by atoms with Gasteiger partial charge in [0.05, 0.1) is 21.7 Å². The third-order valence-corrected chi connectivity index (χ3v) is 9.48. The number of hydrogen-bond donors (Lipinski definition) is 3. The molecule has 2 aromatic heterocycles. The average molecular weight is 526 g/mol. The molecular weight excluding hydrogens is 494 g/mol. The van der Waals surface area contributed by atoms with E-state index >= 15 is 0 Å². The Bertz CT molecular complexity index is 1530. The number of sulfonamides is 1. The highest BCUT2D eigenvalue weighted by molar-refractivity contribution is 7.89. The van der Waals surface area contributed by atoms with Crippen LogP contribution in [0.25, 0.3) is 16.9 Å². The maximum atomic E-state index is 13.5. The Hall–Kier alpha value is -3.06. The highest BCUT2D eigenvalue weighted by atomic mass is 32.2. The molecule has 2 aliphatic carbocycles. The molecule has 196 valence electrons. The van der Waals surface area contributed by atoms with E-state index in [0.717, 1.165) is 30.0 Å². The zero-order valence-corrected chi connectivity index (χ0v) is 21.9. The maximum Gasteiger partial charge on any atom is 0.256 e. The van der Waals surface area contributed by atoms with E-state index in [1.54, 1.807) is 17.2 Å². The Kier molecular flexibility index (Phi) is 5.57. The summed E-state index contributed by atoms with van der Waals surface area (Å²) in [4.78, 5) is 20.0. The molecule has 2 saturated carbocycles. The van der Waals surface area contributed by atoms with Gasteiger partial charge in [-0.05, 0) is 62.3 Å². The largest absolute Gasteiger partial charge is 0.382 e. The van der Waals surface area contributed by atoms with Gasteiger partial charge in [0, 0.05) is 44.5 Å². The summed E-state index contributed by atoms with van der Waals surface area (Å²) >= 11 is 0. The van der Waals surface area contributed by atoms with Crippen molar-refractivity contribution in [1.29, 1.82) is 0 Å². The number of rotatable bonds is 8. The predicted molar refractivity (Wildman–Crippen MR) is 137 cm³/mol. The quantitative estimate of drug-likeness (QED) is 0.377. The third-order valence-electron chi connectivity index (χ3n) is 7.64. The molecule has 0 saturated heterocycles. The van der Waals surface area contributed by atoms with Crippen LogP contribution in [0.3, 0.4) is 0 Å². The summed E-state index contributed by atoms with van der Waals surface area (Å²) in [6.45, 7) is 2.39. The minimum atomic E-state index is -3.92. The Balaban J connectivity index is 1.48. The van der Waals surface area contributed by atoms with Gasteiger partial charge in [-0.1, -0.05) is 0 Å². The Labute approximate surface area is 215 Å². The van der Waals surface area contributed by atoms with E-state index < -0.39 is 16.3 Å². The lowest BCUT2D eigenvalue weighted by Crippen LogP contribution is -2.35. The molecule has 0 bridgehead atoms. The van der Waals surface area contributed by atoms with Gasteiger partial charge in [-0.3, -0.25) is 10.1 Å². The number of nitrogens with two attached hydrogens (primary N) is 1. The monoisotopic (exact) mass is 525 g/mol. The first-order valence-electron chi connectivity index (χ1n) is 12.6. The van der Waals surface area contributed by atoms with Gasteiger partial charge in [0.2, 0.25) is 10.0 Å². The van der Waals surface area contributed by atoms with Crippen LogP contribution in [0.1, 0.15) is 60.3 Å². The number of carbonyl (C=O) groups excluding carboxylic acids is 1. The van der Waals surface area contributed by atoms with Crippen LogP contribution in [0.15, 0.2) is 29.3 Å². The molecule has 12 heteroatoms. The van der Waals surface area contributed by atoms with E-state index in [1.807, 2.05) is 13.0 Å². The molecule has 4 N–H and O–H groups in total. The second kappa shape index (κ2) is 8.48. The van der Waals surface area contributed by atoms with E-state index in [2.05, 4.69) is 10.4 Å². The van der Waals surface area contributed by atoms with Gasteiger partial charge >= 0.3 is 0 Å². The van der Waals surface area contributed by atoms with Crippen LogP contribution in [-0.2, 0) is 16.6 Å². The summed E-state index contributed by atoms with van der Waals surface area (Å²) < 4.78 is 29.4. The van der Waals surface area contributed by atoms with Gasteiger partial charge in [0.15, 0.2) is 11.5 Å². The molecule has 1 unspecified atom stereocenters. The van der Waals surface area contributed by atoms with Gasteiger partial charge in [-0.15, -0.1) is 5.10 Å². The summed E-state index contributed by atoms with van der Waals surface area (Å²) in [5, 5.41) is 18.1. The number of aliphatic hydroxyl groups excluding tert-OH is 1. The van der Waals surface area contributed by atoms with Crippen molar-refractivity contribution in [1.82, 2.24) is 29.1 Å². The summed E-state index contributed by atoms with van der Waals surface area (Å²) in [5.41, 5.74) is 8.84. The molecule has 11 nitrogen and oxygen atoms in total. The molecule has 3 aromatic rings. The zero-order valence-electron chi connectivity index (χ0n) is 21.0. The van der Waals surface area contributed by atoms with Gasteiger partial charge in [0.1, 0.15) is 6.23 Å². The van der Waals surface area contributed by atoms with Crippen molar-refractivity contribution in [2.24, 2.45) is 5.92 Å². The number of carbonyl (C=O) groups is 1. The van der Waals surface area contributed by atoms with Crippen LogP contribution >= 0.6 is 0 Å². The van der Waals surface area contributed by atoms with Crippen LogP contribution in [0, 0.1) is 5.92 Å². The van der Waals surface area contributed by atoms with Gasteiger partial charge in [-0.25, -0.2) is 22.2 Å². The normalized spacial score (nSPS) is 19.6. The van der Waals surface area contributed by atoms with Gasteiger partial charge in [0.25, 0.3) is 5.91 Å². The number of anilines is 1. The smallest absolute Gasteiger partial charge is 0.256 e. The molecule has 3 heterocycles. The van der Waals surface area contributed by atoms with E-state index in [4.69, 9.17) is 10.7 Å². The fraction of sp³-hybridized carbons (Fsp3) is 0.480. The topological polar surface area (TPSA) is 146 Å². The number of aliphatic hydroxyl groups is 1. The average Bonchev–Trinajstić information content (AvgIpc) is 3.78. The number of nitrogens with one attached hydrogen (secondary N) is 1. The Morgan fingerprint density at radius 2 is 1.95 bits per heavy atom. The van der Waals surface area contributed by atoms with Crippen LogP contribution in [0.4, 0.5) is 5.82 Å². The molecular formula is C25H31N7O4S. The molecule has 1 amide bonds.